The van der Waals surface area contributed by atoms with Crippen molar-refractivity contribution in [3.8, 4) is 12.1 Å². The molecule has 1 saturated heterocycles. The van der Waals surface area contributed by atoms with Gasteiger partial charge in [-0.1, -0.05) is 37.6 Å². The number of hydrogen-bond acceptors (Lipinski definition) is 5. The SMILES string of the molecule is C=CCC1(CC=C)C(=O)C(C#N)(C#N)C[C@@]2(C)C1=CC[C@@H]1[C@@H]2CC[C@@]2(C)[C@H]1CCC21OCCO1. The summed E-state index contributed by atoms with van der Waals surface area (Å²) < 4.78 is 12.5. The first-order valence-electron chi connectivity index (χ1n) is 12.8. The van der Waals surface area contributed by atoms with Gasteiger partial charge in [-0.25, -0.2) is 0 Å². The van der Waals surface area contributed by atoms with Gasteiger partial charge in [0.15, 0.2) is 11.6 Å². The minimum atomic E-state index is -1.64. The van der Waals surface area contributed by atoms with E-state index >= 15 is 0 Å². The molecule has 180 valence electrons. The normalized spacial score (nSPS) is 40.8. The lowest BCUT2D eigenvalue weighted by Gasteiger charge is -2.62. The molecule has 4 fully saturated rings. The van der Waals surface area contributed by atoms with Crippen molar-refractivity contribution in [2.75, 3.05) is 13.2 Å². The maximum Gasteiger partial charge on any atom is 0.203 e. The van der Waals surface area contributed by atoms with E-state index in [4.69, 9.17) is 9.47 Å². The third-order valence-electron chi connectivity index (χ3n) is 10.6. The number of carbonyl (C=O) groups is 1. The van der Waals surface area contributed by atoms with Crippen molar-refractivity contribution < 1.29 is 14.3 Å². The molecule has 1 aliphatic heterocycles. The predicted octanol–water partition coefficient (Wildman–Crippen LogP) is 5.65. The van der Waals surface area contributed by atoms with E-state index in [2.05, 4.69) is 45.2 Å². The Kier molecular flexibility index (Phi) is 5.29. The van der Waals surface area contributed by atoms with E-state index in [1.165, 1.54) is 0 Å². The Morgan fingerprint density at radius 1 is 1.06 bits per heavy atom. The minimum Gasteiger partial charge on any atom is -0.347 e. The number of ether oxygens (including phenoxy) is 2. The maximum atomic E-state index is 14.0. The summed E-state index contributed by atoms with van der Waals surface area (Å²) in [6, 6.07) is 4.38. The highest BCUT2D eigenvalue weighted by atomic mass is 16.7. The highest BCUT2D eigenvalue weighted by Gasteiger charge is 2.70. The fraction of sp³-hybridized carbons (Fsp3) is 0.690. The fourth-order valence-corrected chi connectivity index (χ4v) is 9.30. The molecule has 0 aromatic carbocycles. The van der Waals surface area contributed by atoms with Gasteiger partial charge >= 0.3 is 0 Å². The minimum absolute atomic E-state index is 0.0300. The first-order chi connectivity index (χ1) is 16.2. The molecule has 5 nitrogen and oxygen atoms in total. The molecule has 1 spiro atoms. The van der Waals surface area contributed by atoms with E-state index < -0.39 is 22.0 Å². The molecule has 0 aromatic heterocycles. The fourth-order valence-electron chi connectivity index (χ4n) is 9.30. The Morgan fingerprint density at radius 2 is 1.68 bits per heavy atom. The first kappa shape index (κ1) is 23.5. The molecule has 5 rings (SSSR count). The van der Waals surface area contributed by atoms with Crippen LogP contribution in [-0.2, 0) is 14.3 Å². The summed E-state index contributed by atoms with van der Waals surface area (Å²) in [5.41, 5.74) is -1.87. The second kappa shape index (κ2) is 7.64. The summed E-state index contributed by atoms with van der Waals surface area (Å²) in [4.78, 5) is 14.0. The molecule has 0 aromatic rings. The lowest BCUT2D eigenvalue weighted by Crippen LogP contribution is -2.61. The molecule has 34 heavy (non-hydrogen) atoms. The zero-order valence-corrected chi connectivity index (χ0v) is 20.6. The van der Waals surface area contributed by atoms with Gasteiger partial charge in [0.2, 0.25) is 5.41 Å². The van der Waals surface area contributed by atoms with Crippen LogP contribution in [0.25, 0.3) is 0 Å². The van der Waals surface area contributed by atoms with Crippen LogP contribution in [0.2, 0.25) is 0 Å². The van der Waals surface area contributed by atoms with Crippen LogP contribution in [0.4, 0.5) is 0 Å². The first-order valence-corrected chi connectivity index (χ1v) is 12.8. The number of fused-ring (bicyclic) bond motifs is 6. The molecule has 5 atom stereocenters. The predicted molar refractivity (Wildman–Crippen MR) is 128 cm³/mol. The van der Waals surface area contributed by atoms with Gasteiger partial charge in [0.25, 0.3) is 0 Å². The summed E-state index contributed by atoms with van der Waals surface area (Å²) in [5, 5.41) is 20.4. The molecular weight excluding hydrogens is 424 g/mol. The number of nitrogens with zero attached hydrogens (tertiary/aromatic N) is 2. The van der Waals surface area contributed by atoms with Crippen LogP contribution in [0.5, 0.6) is 0 Å². The van der Waals surface area contributed by atoms with Crippen molar-refractivity contribution in [1.29, 1.82) is 10.5 Å². The van der Waals surface area contributed by atoms with Crippen LogP contribution in [0.15, 0.2) is 37.0 Å². The third kappa shape index (κ3) is 2.64. The summed E-state index contributed by atoms with van der Waals surface area (Å²) in [6.45, 7) is 13.8. The number of carbonyl (C=O) groups excluding carboxylic acids is 1. The van der Waals surface area contributed by atoms with Crippen LogP contribution in [-0.4, -0.2) is 24.8 Å². The molecule has 5 heteroatoms. The Balaban J connectivity index is 1.64. The van der Waals surface area contributed by atoms with Gasteiger partial charge in [-0.05, 0) is 68.1 Å². The average molecular weight is 461 g/mol. The summed E-state index contributed by atoms with van der Waals surface area (Å²) >= 11 is 0. The van der Waals surface area contributed by atoms with E-state index in [1.54, 1.807) is 12.2 Å². The summed E-state index contributed by atoms with van der Waals surface area (Å²) in [5.74, 6) is 0.469. The van der Waals surface area contributed by atoms with Crippen LogP contribution in [0, 0.1) is 62.1 Å². The molecule has 0 unspecified atom stereocenters. The van der Waals surface area contributed by atoms with E-state index in [-0.39, 0.29) is 17.6 Å². The lowest BCUT2D eigenvalue weighted by molar-refractivity contribution is -0.242. The van der Waals surface area contributed by atoms with Gasteiger partial charge in [0.05, 0.1) is 30.8 Å². The highest BCUT2D eigenvalue weighted by Crippen LogP contribution is 2.71. The number of allylic oxidation sites excluding steroid dienone is 4. The topological polar surface area (TPSA) is 83.1 Å². The third-order valence-corrected chi connectivity index (χ3v) is 10.6. The molecule has 0 radical (unpaired) electrons. The van der Waals surface area contributed by atoms with Crippen LogP contribution >= 0.6 is 0 Å². The van der Waals surface area contributed by atoms with Crippen molar-refractivity contribution in [1.82, 2.24) is 0 Å². The van der Waals surface area contributed by atoms with Gasteiger partial charge in [0.1, 0.15) is 0 Å². The van der Waals surface area contributed by atoms with Crippen LogP contribution in [0.3, 0.4) is 0 Å². The average Bonchev–Trinajstić information content (AvgIpc) is 3.42. The van der Waals surface area contributed by atoms with Crippen molar-refractivity contribution in [3.63, 3.8) is 0 Å². The van der Waals surface area contributed by atoms with Gasteiger partial charge in [-0.15, -0.1) is 13.2 Å². The second-order valence-electron chi connectivity index (χ2n) is 11.8. The van der Waals surface area contributed by atoms with E-state index in [0.717, 1.165) is 37.7 Å². The van der Waals surface area contributed by atoms with Gasteiger partial charge in [0, 0.05) is 11.8 Å². The Hall–Kier alpha value is -2.21. The molecule has 5 aliphatic rings. The molecule has 1 heterocycles. The Morgan fingerprint density at radius 3 is 2.26 bits per heavy atom. The number of hydrogen-bond donors (Lipinski definition) is 0. The molecule has 0 bridgehead atoms. The molecule has 3 saturated carbocycles. The quantitative estimate of drug-likeness (QED) is 0.506. The second-order valence-corrected chi connectivity index (χ2v) is 11.8. The Labute approximate surface area is 203 Å². The van der Waals surface area contributed by atoms with Gasteiger partial charge in [-0.3, -0.25) is 4.79 Å². The number of ketones is 1. The zero-order chi connectivity index (χ0) is 24.4. The van der Waals surface area contributed by atoms with E-state index in [0.29, 0.717) is 43.8 Å². The number of rotatable bonds is 4. The molecular formula is C29H36N2O3. The summed E-state index contributed by atoms with van der Waals surface area (Å²) in [7, 11) is 0. The van der Waals surface area contributed by atoms with Crippen LogP contribution in [0.1, 0.15) is 65.2 Å². The van der Waals surface area contributed by atoms with Crippen molar-refractivity contribution in [2.24, 2.45) is 39.4 Å². The summed E-state index contributed by atoms with van der Waals surface area (Å²) in [6.07, 6.45) is 11.9. The van der Waals surface area contributed by atoms with Gasteiger partial charge in [-0.2, -0.15) is 10.5 Å². The lowest BCUT2D eigenvalue weighted by atomic mass is 9.40. The monoisotopic (exact) mass is 460 g/mol. The van der Waals surface area contributed by atoms with Crippen molar-refractivity contribution >= 4 is 5.78 Å². The van der Waals surface area contributed by atoms with Crippen LogP contribution < -0.4 is 0 Å². The molecule has 0 amide bonds. The van der Waals surface area contributed by atoms with Gasteiger partial charge < -0.3 is 9.47 Å². The zero-order valence-electron chi connectivity index (χ0n) is 20.6. The molecule has 4 aliphatic carbocycles. The molecule has 0 N–H and O–H groups in total. The number of nitriles is 2. The van der Waals surface area contributed by atoms with Crippen molar-refractivity contribution in [2.45, 2.75) is 71.0 Å². The largest absolute Gasteiger partial charge is 0.347 e. The maximum absolute atomic E-state index is 14.0. The van der Waals surface area contributed by atoms with E-state index in [9.17, 15) is 15.3 Å². The highest BCUT2D eigenvalue weighted by molar-refractivity contribution is 5.99. The van der Waals surface area contributed by atoms with Crippen molar-refractivity contribution in [3.05, 3.63) is 37.0 Å². The smallest absolute Gasteiger partial charge is 0.203 e. The number of Topliss-reactive ketones (excluding diaryl/α,β-unsaturated/α-hetero) is 1. The van der Waals surface area contributed by atoms with E-state index in [1.807, 2.05) is 0 Å². The Bertz CT molecular complexity index is 1010. The standard InChI is InChI=1S/C29H36N2O3/c1-5-11-28(12-6-2)23-8-7-20-21(25(23,3)17-27(18-30,19-31)24(28)32)9-13-26(4)22(20)10-14-29(26)33-15-16-34-29/h5-6,8,20-22H,1-2,7,9-17H2,3-4H3/t20-,21+,22+,25-,26+/m1/s1.